The number of rotatable bonds is 3. The van der Waals surface area contributed by atoms with E-state index in [9.17, 15) is 9.59 Å². The van der Waals surface area contributed by atoms with E-state index in [1.165, 1.54) is 0 Å². The van der Waals surface area contributed by atoms with E-state index in [2.05, 4.69) is 27.9 Å². The zero-order valence-electron chi connectivity index (χ0n) is 10.2. The molecule has 1 aromatic carbocycles. The van der Waals surface area contributed by atoms with Crippen molar-refractivity contribution in [3.63, 3.8) is 0 Å². The van der Waals surface area contributed by atoms with Crippen LogP contribution < -0.4 is 5.32 Å². The van der Waals surface area contributed by atoms with E-state index in [-0.39, 0.29) is 18.2 Å². The summed E-state index contributed by atoms with van der Waals surface area (Å²) in [5.41, 5.74) is 0.159. The van der Waals surface area contributed by atoms with Crippen molar-refractivity contribution in [3.8, 4) is 0 Å². The number of hydrogen-bond donors (Lipinski definition) is 1. The highest BCUT2D eigenvalue weighted by molar-refractivity contribution is 14.1. The number of carbonyl (C=O) groups is 2. The molecule has 0 spiro atoms. The van der Waals surface area contributed by atoms with Crippen molar-refractivity contribution >= 4 is 34.3 Å². The third-order valence-electron chi connectivity index (χ3n) is 2.35. The molecule has 1 N–H and O–H groups in total. The first kappa shape index (κ1) is 14.2. The second kappa shape index (κ2) is 5.62. The average Bonchev–Trinajstić information content (AvgIpc) is 2.25. The van der Waals surface area contributed by atoms with Crippen LogP contribution in [0.25, 0.3) is 0 Å². The number of benzene rings is 1. The maximum atomic E-state index is 11.7. The summed E-state index contributed by atoms with van der Waals surface area (Å²) in [4.78, 5) is 23.4. The third-order valence-corrected chi connectivity index (χ3v) is 3.07. The first-order valence-electron chi connectivity index (χ1n) is 5.38. The Hall–Kier alpha value is -0.910. The highest BCUT2D eigenvalue weighted by Gasteiger charge is 2.21. The lowest BCUT2D eigenvalue weighted by Gasteiger charge is -2.16. The van der Waals surface area contributed by atoms with E-state index in [0.29, 0.717) is 5.56 Å². The highest BCUT2D eigenvalue weighted by Crippen LogP contribution is 2.13. The van der Waals surface area contributed by atoms with Crippen LogP contribution >= 0.6 is 22.6 Å². The molecule has 0 aromatic heterocycles. The van der Waals surface area contributed by atoms with Crippen molar-refractivity contribution < 1.29 is 9.59 Å². The Labute approximate surface area is 115 Å². The summed E-state index contributed by atoms with van der Waals surface area (Å²) >= 11 is 2.18. The minimum absolute atomic E-state index is 0.0244. The second-order valence-electron chi connectivity index (χ2n) is 4.86. The van der Waals surface area contributed by atoms with Crippen LogP contribution in [0.15, 0.2) is 24.3 Å². The summed E-state index contributed by atoms with van der Waals surface area (Å²) < 4.78 is 1.07. The highest BCUT2D eigenvalue weighted by atomic mass is 127. The third kappa shape index (κ3) is 4.46. The van der Waals surface area contributed by atoms with E-state index < -0.39 is 5.41 Å². The molecule has 3 nitrogen and oxygen atoms in total. The van der Waals surface area contributed by atoms with Gasteiger partial charge in [0.05, 0.1) is 6.54 Å². The summed E-state index contributed by atoms with van der Waals surface area (Å²) in [6, 6.07) is 7.22. The van der Waals surface area contributed by atoms with Gasteiger partial charge in [0.2, 0.25) is 0 Å². The molecule has 0 aliphatic rings. The first-order chi connectivity index (χ1) is 7.80. The monoisotopic (exact) mass is 345 g/mol. The number of amides is 1. The first-order valence-corrected chi connectivity index (χ1v) is 6.45. The van der Waals surface area contributed by atoms with Crippen molar-refractivity contribution in [3.05, 3.63) is 33.4 Å². The second-order valence-corrected chi connectivity index (χ2v) is 6.11. The molecule has 1 aromatic rings. The minimum Gasteiger partial charge on any atom is -0.345 e. The molecule has 0 heterocycles. The Kier molecular flexibility index (Phi) is 4.68. The fourth-order valence-corrected chi connectivity index (χ4v) is 1.49. The largest absolute Gasteiger partial charge is 0.345 e. The van der Waals surface area contributed by atoms with E-state index >= 15 is 0 Å². The van der Waals surface area contributed by atoms with E-state index in [1.54, 1.807) is 12.1 Å². The smallest absolute Gasteiger partial charge is 0.251 e. The molecule has 1 rings (SSSR count). The summed E-state index contributed by atoms with van der Waals surface area (Å²) in [5, 5.41) is 2.63. The number of ketones is 1. The van der Waals surface area contributed by atoms with Crippen LogP contribution in [0.2, 0.25) is 0 Å². The number of Topliss-reactive ketones (excluding diaryl/α,β-unsaturated/α-hetero) is 1. The van der Waals surface area contributed by atoms with Crippen molar-refractivity contribution in [2.75, 3.05) is 6.54 Å². The van der Waals surface area contributed by atoms with Crippen LogP contribution in [-0.4, -0.2) is 18.2 Å². The van der Waals surface area contributed by atoms with Gasteiger partial charge in [0.1, 0.15) is 0 Å². The molecule has 4 heteroatoms. The topological polar surface area (TPSA) is 46.2 Å². The molecule has 0 bridgehead atoms. The SMILES string of the molecule is CC(C)(C)C(=O)CNC(=O)c1ccc(I)cc1. The van der Waals surface area contributed by atoms with Crippen LogP contribution in [-0.2, 0) is 4.79 Å². The van der Waals surface area contributed by atoms with Gasteiger partial charge in [-0.25, -0.2) is 0 Å². The normalized spacial score (nSPS) is 11.1. The van der Waals surface area contributed by atoms with Gasteiger partial charge in [0.15, 0.2) is 5.78 Å². The predicted molar refractivity (Wildman–Crippen MR) is 76.0 cm³/mol. The lowest BCUT2D eigenvalue weighted by atomic mass is 9.91. The molecule has 1 amide bonds. The fraction of sp³-hybridized carbons (Fsp3) is 0.385. The Bertz CT molecular complexity index is 418. The summed E-state index contributed by atoms with van der Waals surface area (Å²) in [7, 11) is 0. The number of hydrogen-bond acceptors (Lipinski definition) is 2. The van der Waals surface area contributed by atoms with Gasteiger partial charge in [-0.1, -0.05) is 20.8 Å². The number of carbonyl (C=O) groups excluding carboxylic acids is 2. The van der Waals surface area contributed by atoms with Crippen molar-refractivity contribution in [2.45, 2.75) is 20.8 Å². The average molecular weight is 345 g/mol. The van der Waals surface area contributed by atoms with Crippen LogP contribution in [0.4, 0.5) is 0 Å². The quantitative estimate of drug-likeness (QED) is 0.856. The lowest BCUT2D eigenvalue weighted by Crippen LogP contribution is -2.35. The lowest BCUT2D eigenvalue weighted by molar-refractivity contribution is -0.125. The maximum Gasteiger partial charge on any atom is 0.251 e. The van der Waals surface area contributed by atoms with Gasteiger partial charge in [0.25, 0.3) is 5.91 Å². The molecule has 0 aliphatic heterocycles. The number of nitrogens with one attached hydrogen (secondary N) is 1. The molecule has 0 saturated heterocycles. The molecule has 17 heavy (non-hydrogen) atoms. The molecule has 0 radical (unpaired) electrons. The van der Waals surface area contributed by atoms with Crippen LogP contribution in [0.1, 0.15) is 31.1 Å². The van der Waals surface area contributed by atoms with Crippen molar-refractivity contribution in [1.29, 1.82) is 0 Å². The van der Waals surface area contributed by atoms with Crippen LogP contribution in [0, 0.1) is 8.99 Å². The van der Waals surface area contributed by atoms with Crippen LogP contribution in [0.5, 0.6) is 0 Å². The molecule has 0 unspecified atom stereocenters. The van der Waals surface area contributed by atoms with Gasteiger partial charge in [-0.2, -0.15) is 0 Å². The maximum absolute atomic E-state index is 11.7. The van der Waals surface area contributed by atoms with Gasteiger partial charge in [-0.15, -0.1) is 0 Å². The van der Waals surface area contributed by atoms with Crippen molar-refractivity contribution in [2.24, 2.45) is 5.41 Å². The van der Waals surface area contributed by atoms with Gasteiger partial charge in [-0.05, 0) is 46.9 Å². The Morgan fingerprint density at radius 1 is 1.18 bits per heavy atom. The van der Waals surface area contributed by atoms with Crippen molar-refractivity contribution in [1.82, 2.24) is 5.32 Å². The van der Waals surface area contributed by atoms with Gasteiger partial charge >= 0.3 is 0 Å². The molecule has 0 fully saturated rings. The van der Waals surface area contributed by atoms with E-state index in [1.807, 2.05) is 32.9 Å². The molecule has 0 aliphatic carbocycles. The Balaban J connectivity index is 2.56. The molecule has 92 valence electrons. The van der Waals surface area contributed by atoms with E-state index in [0.717, 1.165) is 3.57 Å². The van der Waals surface area contributed by atoms with Gasteiger partial charge < -0.3 is 5.32 Å². The Morgan fingerprint density at radius 2 is 1.71 bits per heavy atom. The molecular formula is C13H16INO2. The zero-order chi connectivity index (χ0) is 13.1. The fourth-order valence-electron chi connectivity index (χ4n) is 1.13. The Morgan fingerprint density at radius 3 is 2.18 bits per heavy atom. The predicted octanol–water partition coefficient (Wildman–Crippen LogP) is 2.64. The van der Waals surface area contributed by atoms with Crippen LogP contribution in [0.3, 0.4) is 0 Å². The van der Waals surface area contributed by atoms with Gasteiger partial charge in [-0.3, -0.25) is 9.59 Å². The molecule has 0 atom stereocenters. The summed E-state index contributed by atoms with van der Waals surface area (Å²) in [6.45, 7) is 5.60. The van der Waals surface area contributed by atoms with E-state index in [4.69, 9.17) is 0 Å². The van der Waals surface area contributed by atoms with Gasteiger partial charge in [0, 0.05) is 14.5 Å². The standard InChI is InChI=1S/C13H16INO2/c1-13(2,3)11(16)8-15-12(17)9-4-6-10(14)7-5-9/h4-7H,8H2,1-3H3,(H,15,17). The minimum atomic E-state index is -0.417. The number of halogens is 1. The molecular weight excluding hydrogens is 329 g/mol. The summed E-state index contributed by atoms with van der Waals surface area (Å²) in [6.07, 6.45) is 0. The molecule has 0 saturated carbocycles. The summed E-state index contributed by atoms with van der Waals surface area (Å²) in [5.74, 6) is -0.185. The zero-order valence-corrected chi connectivity index (χ0v) is 12.4.